The third-order valence-corrected chi connectivity index (χ3v) is 23.2. The molecule has 0 saturated carbocycles. The van der Waals surface area contributed by atoms with E-state index in [0.717, 1.165) is 32.9 Å². The first kappa shape index (κ1) is 51.5. The van der Waals surface area contributed by atoms with E-state index in [1.54, 1.807) is 169 Å². The van der Waals surface area contributed by atoms with Crippen molar-refractivity contribution in [2.45, 2.75) is 0 Å². The lowest BCUT2D eigenvalue weighted by Gasteiger charge is -2.35. The molecule has 7 aliphatic heterocycles. The van der Waals surface area contributed by atoms with Crippen molar-refractivity contribution in [1.82, 2.24) is 19.1 Å². The zero-order valence-electron chi connectivity index (χ0n) is 37.6. The summed E-state index contributed by atoms with van der Waals surface area (Å²) in [5.41, 5.74) is 21.8. The predicted octanol–water partition coefficient (Wildman–Crippen LogP) is 11.7. The normalized spacial score (nSPS) is 22.0. The number of azide groups is 2. The minimum atomic E-state index is -3.59. The Balaban J connectivity index is 1.22. The number of hydrogen-bond donors (Lipinski definition) is 0. The Morgan fingerprint density at radius 3 is 0.829 bits per heavy atom. The van der Waals surface area contributed by atoms with Crippen LogP contribution >= 0.6 is 26.0 Å². The zero-order valence-corrected chi connectivity index (χ0v) is 44.5. The van der Waals surface area contributed by atoms with Crippen LogP contribution in [0.25, 0.3) is 20.9 Å². The number of hydrazone groups is 4. The van der Waals surface area contributed by atoms with E-state index in [1.807, 2.05) is 60.7 Å². The molecule has 70 heavy (non-hydrogen) atoms. The highest BCUT2D eigenvalue weighted by molar-refractivity contribution is 8.16. The molecule has 13 rings (SSSR count). The highest BCUT2D eigenvalue weighted by atomic mass is 32.5. The molecule has 0 N–H and O–H groups in total. The van der Waals surface area contributed by atoms with E-state index in [1.165, 1.54) is 0 Å². The van der Waals surface area contributed by atoms with Crippen LogP contribution in [0.3, 0.4) is 0 Å². The second-order valence-electron chi connectivity index (χ2n) is 14.6. The van der Waals surface area contributed by atoms with Gasteiger partial charge in [-0.25, -0.2) is 19.1 Å². The molecule has 6 aromatic carbocycles. The van der Waals surface area contributed by atoms with Crippen LogP contribution in [-0.2, 0) is 47.2 Å². The molecule has 0 fully saturated rings. The van der Waals surface area contributed by atoms with Crippen molar-refractivity contribution in [3.63, 3.8) is 0 Å². The maximum Gasteiger partial charge on any atom is 0.379 e. The first-order chi connectivity index (χ1) is 33.6. The van der Waals surface area contributed by atoms with Crippen LogP contribution < -0.4 is 28.7 Å². The largest absolute Gasteiger partial charge is 0.431 e. The third-order valence-electron chi connectivity index (χ3n) is 9.95. The molecule has 26 heteroatoms. The van der Waals surface area contributed by atoms with Crippen LogP contribution in [0.4, 0.5) is 0 Å². The first-order valence-electron chi connectivity index (χ1n) is 20.6. The van der Waals surface area contributed by atoms with Gasteiger partial charge in [0.05, 0.1) is 24.9 Å². The fourth-order valence-corrected chi connectivity index (χ4v) is 14.8. The van der Waals surface area contributed by atoms with Gasteiger partial charge in [0.1, 0.15) is 23.0 Å². The smallest absolute Gasteiger partial charge is 0.379 e. The number of benzene rings is 6. The van der Waals surface area contributed by atoms with Gasteiger partial charge in [-0.15, -0.1) is 0 Å². The van der Waals surface area contributed by atoms with Crippen molar-refractivity contribution in [3.05, 3.63) is 201 Å². The summed E-state index contributed by atoms with van der Waals surface area (Å²) in [5.74, 6) is 1.31. The van der Waals surface area contributed by atoms with Crippen molar-refractivity contribution in [2.24, 2.45) is 30.2 Å². The molecule has 0 atom stereocenters. The second-order valence-corrected chi connectivity index (χ2v) is 28.9. The minimum Gasteiger partial charge on any atom is -0.431 e. The Kier molecular flexibility index (Phi) is 16.9. The molecule has 356 valence electrons. The fourth-order valence-electron chi connectivity index (χ4n) is 6.37. The average molecular weight is 1080 g/mol. The van der Waals surface area contributed by atoms with Gasteiger partial charge in [-0.05, 0) is 178 Å². The lowest BCUT2D eigenvalue weighted by molar-refractivity contribution is 0.486. The van der Waals surface area contributed by atoms with Crippen molar-refractivity contribution < 1.29 is 18.1 Å². The van der Waals surface area contributed by atoms with Gasteiger partial charge in [0.25, 0.3) is 0 Å². The van der Waals surface area contributed by atoms with Crippen molar-refractivity contribution in [3.8, 4) is 23.0 Å². The van der Waals surface area contributed by atoms with Gasteiger partial charge in [0.2, 0.25) is 0 Å². The van der Waals surface area contributed by atoms with Gasteiger partial charge < -0.3 is 18.1 Å². The zero-order chi connectivity index (χ0) is 49.8. The van der Waals surface area contributed by atoms with Crippen molar-refractivity contribution in [2.75, 3.05) is 28.2 Å². The van der Waals surface area contributed by atoms with Crippen LogP contribution in [0.1, 0.15) is 22.3 Å². The van der Waals surface area contributed by atoms with E-state index in [4.69, 9.17) is 85.7 Å². The van der Waals surface area contributed by atoms with Gasteiger partial charge in [-0.3, -0.25) is 0 Å². The molecule has 18 nitrogen and oxygen atoms in total. The van der Waals surface area contributed by atoms with Gasteiger partial charge in [-0.1, -0.05) is 60.7 Å². The Bertz CT molecular complexity index is 2860. The Labute approximate surface area is 425 Å². The topological polar surface area (TPSA) is 197 Å². The molecule has 0 spiro atoms. The number of hydrogen-bond acceptors (Lipinski definition) is 12. The molecule has 0 unspecified atom stereocenters. The average Bonchev–Trinajstić information content (AvgIpc) is 3.37. The van der Waals surface area contributed by atoms with E-state index in [-0.39, 0.29) is 0 Å². The quantitative estimate of drug-likeness (QED) is 0.0702. The van der Waals surface area contributed by atoms with E-state index < -0.39 is 26.0 Å². The van der Waals surface area contributed by atoms with E-state index in [9.17, 15) is 11.1 Å². The summed E-state index contributed by atoms with van der Waals surface area (Å²) in [6.07, 6.45) is 1.01. The van der Waals surface area contributed by atoms with Gasteiger partial charge in [-0.2, -0.15) is 20.4 Å². The summed E-state index contributed by atoms with van der Waals surface area (Å²) >= 11 is 24.1. The summed E-state index contributed by atoms with van der Waals surface area (Å²) in [4.78, 5) is 13.4. The summed E-state index contributed by atoms with van der Waals surface area (Å²) < 4.78 is 31.1. The molecule has 7 heterocycles. The molecule has 7 aliphatic rings. The monoisotopic (exact) mass is 1080 g/mol. The molecule has 0 aromatic heterocycles. The Hall–Kier alpha value is -6.38. The highest BCUT2D eigenvalue weighted by Crippen LogP contribution is 2.54. The summed E-state index contributed by atoms with van der Waals surface area (Å²) in [6.45, 7) is -7.18. The van der Waals surface area contributed by atoms with Gasteiger partial charge in [0.15, 0.2) is 12.7 Å². The lowest BCUT2D eigenvalue weighted by atomic mass is 10.2. The molecule has 0 aliphatic carbocycles. The molecule has 0 saturated heterocycles. The van der Waals surface area contributed by atoms with Gasteiger partial charge in [0, 0.05) is 58.4 Å². The Morgan fingerprint density at radius 2 is 0.614 bits per heavy atom. The summed E-state index contributed by atoms with van der Waals surface area (Å²) in [7, 11) is 7.22. The van der Waals surface area contributed by atoms with Gasteiger partial charge >= 0.3 is 13.3 Å². The number of rotatable bonds is 4. The van der Waals surface area contributed by atoms with E-state index in [2.05, 4.69) is 19.6 Å². The van der Waals surface area contributed by atoms with Crippen LogP contribution in [0.2, 0.25) is 0 Å². The van der Waals surface area contributed by atoms with Crippen molar-refractivity contribution in [1.29, 1.82) is 0 Å². The third kappa shape index (κ3) is 12.7. The van der Waals surface area contributed by atoms with Crippen LogP contribution in [0, 0.1) is 0 Å². The molecular formula is C44H42N14O4P4S4. The highest BCUT2D eigenvalue weighted by Gasteiger charge is 2.31. The summed E-state index contributed by atoms with van der Waals surface area (Å²) in [5, 5.41) is 20.8. The lowest BCUT2D eigenvalue weighted by Crippen LogP contribution is -2.27. The molecule has 0 radical (unpaired) electrons. The summed E-state index contributed by atoms with van der Waals surface area (Å²) in [6, 6.07) is 46.9. The maximum atomic E-state index is 9.47. The van der Waals surface area contributed by atoms with Crippen molar-refractivity contribution >= 4 is 109 Å². The molecular weight excluding hydrogens is 1040 g/mol. The Morgan fingerprint density at radius 1 is 0.386 bits per heavy atom. The fraction of sp³-hybridized carbons (Fsp3) is 0.0909. The SMILES string of the molecule is CN1N=Cc2ccc(cc2)OP(=S)(N=[N+]=[N-])Oc2ccc(cc2)C=NN(C)P(=S)(c2ccccc2)N(C)N=Cc2ccc(cc2)OP(=S)(N=[N+]=[N-])Oc2ccc(cc2)C=NN(C)P1(=S)c1ccccc1. The van der Waals surface area contributed by atoms with E-state index in [0.29, 0.717) is 23.0 Å². The van der Waals surface area contributed by atoms with Crippen LogP contribution in [0.5, 0.6) is 23.0 Å². The van der Waals surface area contributed by atoms with Crippen LogP contribution in [0.15, 0.2) is 188 Å². The minimum absolute atomic E-state index is 0.329. The molecule has 6 aromatic rings. The number of nitrogens with zero attached hydrogens (tertiary/aromatic N) is 14. The molecule has 8 bridgehead atoms. The van der Waals surface area contributed by atoms with E-state index >= 15 is 0 Å². The molecule has 0 amide bonds. The standard InChI is InChI=1S/C44H42N14O4P4S4/c1-55-47-31-35-15-23-39(24-16-35)59-65(69,53-51-45)61-41-27-19-37(20-28-41)33-49-57(3)64(68,44-13-9-6-10-14-44)58(4)50-34-38-21-29-42(30-22-38)62-66(70,54-52-46)60-40-25-17-36(18-26-40)32-48-56(2)63(55,67)43-11-7-5-8-12-43/h5-34H,1-4H3. The van der Waals surface area contributed by atoms with Crippen LogP contribution in [-0.4, -0.2) is 72.2 Å². The second kappa shape index (κ2) is 23.0. The maximum absolute atomic E-state index is 9.47. The predicted molar refractivity (Wildman–Crippen MR) is 297 cm³/mol. The first-order valence-corrected chi connectivity index (χ1v) is 31.2.